The van der Waals surface area contributed by atoms with Crippen LogP contribution >= 0.6 is 0 Å². The summed E-state index contributed by atoms with van der Waals surface area (Å²) in [4.78, 5) is 47.1. The molecule has 0 atom stereocenters. The van der Waals surface area contributed by atoms with Crippen LogP contribution in [0.1, 0.15) is 51.3 Å². The number of fused-ring (bicyclic) bond motifs is 6. The predicted octanol–water partition coefficient (Wildman–Crippen LogP) is 3.92. The Kier molecular flexibility index (Phi) is 4.52. The van der Waals surface area contributed by atoms with Crippen molar-refractivity contribution in [2.24, 2.45) is 0 Å². The highest BCUT2D eigenvalue weighted by Crippen LogP contribution is 2.57. The van der Waals surface area contributed by atoms with E-state index in [1.807, 2.05) is 0 Å². The number of ether oxygens (including phenoxy) is 4. The number of hydrogen-bond donors (Lipinski definition) is 0. The largest absolute Gasteiger partial charge is 0.456 e. The van der Waals surface area contributed by atoms with Crippen molar-refractivity contribution < 1.29 is 38.1 Å². The molecule has 0 aromatic heterocycles. The second-order valence-electron chi connectivity index (χ2n) is 7.60. The van der Waals surface area contributed by atoms with Crippen LogP contribution in [0.4, 0.5) is 0 Å². The third kappa shape index (κ3) is 3.15. The number of rotatable bonds is 3. The van der Waals surface area contributed by atoms with E-state index in [4.69, 9.17) is 18.9 Å². The molecule has 1 spiro atoms. The van der Waals surface area contributed by atoms with Crippen LogP contribution in [-0.4, -0.2) is 24.2 Å². The number of aldehydes is 1. The molecule has 3 aromatic carbocycles. The van der Waals surface area contributed by atoms with Crippen LogP contribution in [0.15, 0.2) is 54.6 Å². The minimum Gasteiger partial charge on any atom is -0.456 e. The number of hydrogen-bond acceptors (Lipinski definition) is 8. The van der Waals surface area contributed by atoms with E-state index in [0.29, 0.717) is 40.0 Å². The van der Waals surface area contributed by atoms with Crippen molar-refractivity contribution in [1.29, 1.82) is 0 Å². The highest BCUT2D eigenvalue weighted by molar-refractivity contribution is 5.98. The molecule has 0 unspecified atom stereocenters. The average Bonchev–Trinajstić information content (AvgIpc) is 3.05. The zero-order valence-electron chi connectivity index (χ0n) is 17.5. The third-order valence-corrected chi connectivity index (χ3v) is 5.43. The topological polar surface area (TPSA) is 105 Å². The molecule has 164 valence electrons. The summed E-state index contributed by atoms with van der Waals surface area (Å²) in [5.74, 6) is -0.522. The lowest BCUT2D eigenvalue weighted by Crippen LogP contribution is -2.33. The molecule has 2 heterocycles. The Morgan fingerprint density at radius 2 is 1.36 bits per heavy atom. The van der Waals surface area contributed by atoms with E-state index in [0.717, 1.165) is 0 Å². The molecule has 0 aliphatic carbocycles. The number of benzene rings is 3. The van der Waals surface area contributed by atoms with Gasteiger partial charge in [0.15, 0.2) is 5.60 Å². The molecule has 0 saturated carbocycles. The lowest BCUT2D eigenvalue weighted by atomic mass is 9.77. The fourth-order valence-corrected chi connectivity index (χ4v) is 4.24. The van der Waals surface area contributed by atoms with E-state index in [1.54, 1.807) is 36.4 Å². The van der Waals surface area contributed by atoms with Crippen molar-refractivity contribution in [3.05, 3.63) is 82.4 Å². The molecule has 0 saturated heterocycles. The van der Waals surface area contributed by atoms with Gasteiger partial charge in [-0.15, -0.1) is 0 Å². The molecule has 0 N–H and O–H groups in total. The summed E-state index contributed by atoms with van der Waals surface area (Å²) < 4.78 is 22.4. The van der Waals surface area contributed by atoms with Crippen LogP contribution in [-0.2, 0) is 19.9 Å². The number of carbonyl (C=O) groups is 4. The van der Waals surface area contributed by atoms with Gasteiger partial charge in [0.2, 0.25) is 0 Å². The van der Waals surface area contributed by atoms with Crippen molar-refractivity contribution in [3.63, 3.8) is 0 Å². The molecule has 3 aromatic rings. The summed E-state index contributed by atoms with van der Waals surface area (Å²) in [6.45, 7) is 2.56. The molecule has 2 aliphatic rings. The van der Waals surface area contributed by atoms with E-state index in [-0.39, 0.29) is 17.1 Å². The average molecular weight is 444 g/mol. The van der Waals surface area contributed by atoms with E-state index in [2.05, 4.69) is 0 Å². The van der Waals surface area contributed by atoms with Crippen molar-refractivity contribution in [2.75, 3.05) is 0 Å². The summed E-state index contributed by atoms with van der Waals surface area (Å²) in [6, 6.07) is 14.3. The summed E-state index contributed by atoms with van der Waals surface area (Å²) in [6.07, 6.45) is 0.654. The maximum atomic E-state index is 12.9. The van der Waals surface area contributed by atoms with Crippen LogP contribution in [0, 0.1) is 0 Å². The van der Waals surface area contributed by atoms with Gasteiger partial charge in [0, 0.05) is 48.2 Å². The van der Waals surface area contributed by atoms with E-state index in [9.17, 15) is 19.2 Å². The van der Waals surface area contributed by atoms with Crippen molar-refractivity contribution in [1.82, 2.24) is 0 Å². The Bertz CT molecular complexity index is 1310. The molecular formula is C25H16O8. The van der Waals surface area contributed by atoms with Crippen molar-refractivity contribution in [2.45, 2.75) is 19.4 Å². The minimum absolute atomic E-state index is 0.247. The van der Waals surface area contributed by atoms with Crippen LogP contribution in [0.3, 0.4) is 0 Å². The van der Waals surface area contributed by atoms with Crippen molar-refractivity contribution in [3.8, 4) is 23.0 Å². The van der Waals surface area contributed by atoms with Gasteiger partial charge in [0.25, 0.3) is 0 Å². The van der Waals surface area contributed by atoms with E-state index >= 15 is 0 Å². The minimum atomic E-state index is -1.37. The summed E-state index contributed by atoms with van der Waals surface area (Å²) in [5.41, 5.74) is 0.774. The lowest BCUT2D eigenvalue weighted by Gasteiger charge is -2.36. The summed E-state index contributed by atoms with van der Waals surface area (Å²) >= 11 is 0. The standard InChI is InChI=1S/C25H16O8/c1-13(27)30-16-4-7-20-22(10-16)32-23-11-17(31-14(2)28)5-8-21(23)25(20)19-6-3-15(12-26)9-18(19)24(29)33-25/h3-12H,1-2H3. The first-order valence-electron chi connectivity index (χ1n) is 9.98. The third-order valence-electron chi connectivity index (χ3n) is 5.43. The fraction of sp³-hybridized carbons (Fsp3) is 0.120. The molecule has 0 bridgehead atoms. The summed E-state index contributed by atoms with van der Waals surface area (Å²) in [5, 5.41) is 0. The molecule has 5 rings (SSSR count). The Balaban J connectivity index is 1.77. The van der Waals surface area contributed by atoms with Gasteiger partial charge in [0.05, 0.1) is 5.56 Å². The fourth-order valence-electron chi connectivity index (χ4n) is 4.24. The van der Waals surface area contributed by atoms with Crippen LogP contribution in [0.5, 0.6) is 23.0 Å². The first kappa shape index (κ1) is 20.4. The summed E-state index contributed by atoms with van der Waals surface area (Å²) in [7, 11) is 0. The highest BCUT2D eigenvalue weighted by atomic mass is 16.6. The molecule has 33 heavy (non-hydrogen) atoms. The second kappa shape index (κ2) is 7.30. The van der Waals surface area contributed by atoms with Gasteiger partial charge >= 0.3 is 17.9 Å². The van der Waals surface area contributed by atoms with Crippen LogP contribution in [0.25, 0.3) is 0 Å². The van der Waals surface area contributed by atoms with Crippen molar-refractivity contribution >= 4 is 24.2 Å². The molecule has 8 heteroatoms. The molecule has 2 aliphatic heterocycles. The van der Waals surface area contributed by atoms with Gasteiger partial charge in [-0.25, -0.2) is 4.79 Å². The lowest BCUT2D eigenvalue weighted by molar-refractivity contribution is -0.132. The van der Waals surface area contributed by atoms with Crippen LogP contribution < -0.4 is 14.2 Å². The van der Waals surface area contributed by atoms with Gasteiger partial charge in [-0.05, 0) is 30.3 Å². The zero-order valence-corrected chi connectivity index (χ0v) is 17.5. The molecular weight excluding hydrogens is 428 g/mol. The normalized spacial score (nSPS) is 14.3. The van der Waals surface area contributed by atoms with Gasteiger partial charge in [-0.3, -0.25) is 14.4 Å². The Hall–Kier alpha value is -4.46. The van der Waals surface area contributed by atoms with Gasteiger partial charge < -0.3 is 18.9 Å². The highest BCUT2D eigenvalue weighted by Gasteiger charge is 2.53. The number of carbonyl (C=O) groups excluding carboxylic acids is 4. The quantitative estimate of drug-likeness (QED) is 0.340. The predicted molar refractivity (Wildman–Crippen MR) is 113 cm³/mol. The first-order valence-corrected chi connectivity index (χ1v) is 9.98. The maximum Gasteiger partial charge on any atom is 0.340 e. The number of esters is 3. The zero-order chi connectivity index (χ0) is 23.3. The SMILES string of the molecule is CC(=O)Oc1ccc2c(c1)Oc1cc(OC(C)=O)ccc1C21OC(=O)c2cc(C=O)ccc21. The monoisotopic (exact) mass is 444 g/mol. The van der Waals surface area contributed by atoms with E-state index < -0.39 is 23.5 Å². The van der Waals surface area contributed by atoms with Gasteiger partial charge in [-0.2, -0.15) is 0 Å². The van der Waals surface area contributed by atoms with Crippen LogP contribution in [0.2, 0.25) is 0 Å². The van der Waals surface area contributed by atoms with E-state index in [1.165, 1.54) is 32.0 Å². The Morgan fingerprint density at radius 3 is 1.88 bits per heavy atom. The smallest absolute Gasteiger partial charge is 0.340 e. The van der Waals surface area contributed by atoms with Gasteiger partial charge in [-0.1, -0.05) is 12.1 Å². The molecule has 0 radical (unpaired) electrons. The first-order chi connectivity index (χ1) is 15.8. The van der Waals surface area contributed by atoms with Gasteiger partial charge in [0.1, 0.15) is 29.3 Å². The molecule has 8 nitrogen and oxygen atoms in total. The Labute approximate surface area is 187 Å². The maximum absolute atomic E-state index is 12.9. The molecule has 0 fully saturated rings. The molecule has 0 amide bonds. The Morgan fingerprint density at radius 1 is 0.818 bits per heavy atom. The second-order valence-corrected chi connectivity index (χ2v) is 7.60.